The van der Waals surface area contributed by atoms with Gasteiger partial charge in [0.2, 0.25) is 0 Å². The molecule has 1 aromatic heterocycles. The van der Waals surface area contributed by atoms with Crippen LogP contribution in [0.3, 0.4) is 0 Å². The fourth-order valence-electron chi connectivity index (χ4n) is 4.63. The lowest BCUT2D eigenvalue weighted by molar-refractivity contribution is 0.211. The fraction of sp³-hybridized carbons (Fsp3) is 0.458. The van der Waals surface area contributed by atoms with Crippen molar-refractivity contribution >= 4 is 27.9 Å². The van der Waals surface area contributed by atoms with Gasteiger partial charge < -0.3 is 14.2 Å². The van der Waals surface area contributed by atoms with Gasteiger partial charge >= 0.3 is 0 Å². The zero-order valence-electron chi connectivity index (χ0n) is 17.6. The van der Waals surface area contributed by atoms with Crippen LogP contribution in [0.1, 0.15) is 44.6 Å². The molecule has 1 fully saturated rings. The molecule has 158 valence electrons. The molecule has 0 N–H and O–H groups in total. The summed E-state index contributed by atoms with van der Waals surface area (Å²) in [7, 11) is 0. The lowest BCUT2D eigenvalue weighted by Crippen LogP contribution is -2.35. The minimum Gasteiger partial charge on any atom is -0.464 e. The molecule has 0 radical (unpaired) electrons. The molecule has 0 amide bonds. The molecule has 30 heavy (non-hydrogen) atoms. The van der Waals surface area contributed by atoms with Crippen molar-refractivity contribution < 1.29 is 8.81 Å². The summed E-state index contributed by atoms with van der Waals surface area (Å²) in [5, 5.41) is 4.48. The second-order valence-corrected chi connectivity index (χ2v) is 9.55. The molecule has 0 unspecified atom stereocenters. The first kappa shape index (κ1) is 19.9. The van der Waals surface area contributed by atoms with E-state index in [4.69, 9.17) is 9.41 Å². The Morgan fingerprint density at radius 1 is 1.27 bits per heavy atom. The van der Waals surface area contributed by atoms with E-state index in [1.54, 1.807) is 11.8 Å². The Kier molecular flexibility index (Phi) is 5.46. The predicted octanol–water partition coefficient (Wildman–Crippen LogP) is 5.94. The van der Waals surface area contributed by atoms with Gasteiger partial charge in [-0.3, -0.25) is 0 Å². The summed E-state index contributed by atoms with van der Waals surface area (Å²) in [5.41, 5.74) is 4.50. The number of likely N-dealkylation sites (tertiary alicyclic amines) is 1. The number of furan rings is 1. The number of halogens is 1. The van der Waals surface area contributed by atoms with E-state index in [1.807, 2.05) is 12.3 Å². The SMILES string of the molecule is CC(C)C1=CCN2C(CCN3CCC(c4coc5cc(F)ccc45)CC3)=CSC2=N1. The highest BCUT2D eigenvalue weighted by molar-refractivity contribution is 8.16. The number of hydrogen-bond donors (Lipinski definition) is 0. The number of allylic oxidation sites excluding steroid dienone is 1. The van der Waals surface area contributed by atoms with Crippen molar-refractivity contribution in [2.75, 3.05) is 26.2 Å². The van der Waals surface area contributed by atoms with Crippen LogP contribution >= 0.6 is 11.8 Å². The molecule has 4 nitrogen and oxygen atoms in total. The largest absolute Gasteiger partial charge is 0.464 e. The smallest absolute Gasteiger partial charge is 0.173 e. The van der Waals surface area contributed by atoms with Gasteiger partial charge in [0.25, 0.3) is 0 Å². The molecule has 1 saturated heterocycles. The van der Waals surface area contributed by atoms with Crippen molar-refractivity contribution in [2.45, 2.75) is 39.0 Å². The number of fused-ring (bicyclic) bond motifs is 2. The minimum absolute atomic E-state index is 0.240. The number of piperidine rings is 1. The lowest BCUT2D eigenvalue weighted by atomic mass is 9.89. The van der Waals surface area contributed by atoms with E-state index >= 15 is 0 Å². The number of hydrogen-bond acceptors (Lipinski definition) is 5. The summed E-state index contributed by atoms with van der Waals surface area (Å²) in [6.07, 6.45) is 7.41. The molecular weight excluding hydrogens is 397 g/mol. The van der Waals surface area contributed by atoms with Gasteiger partial charge in [-0.25, -0.2) is 9.38 Å². The summed E-state index contributed by atoms with van der Waals surface area (Å²) in [4.78, 5) is 9.75. The molecule has 1 aromatic carbocycles. The molecule has 6 heteroatoms. The molecule has 0 aliphatic carbocycles. The van der Waals surface area contributed by atoms with Gasteiger partial charge in [0.05, 0.1) is 6.26 Å². The first-order chi connectivity index (χ1) is 14.6. The van der Waals surface area contributed by atoms with Crippen molar-refractivity contribution in [1.82, 2.24) is 9.80 Å². The number of thioether (sulfide) groups is 1. The zero-order valence-corrected chi connectivity index (χ0v) is 18.4. The average Bonchev–Trinajstić information content (AvgIpc) is 3.35. The van der Waals surface area contributed by atoms with Crippen molar-refractivity contribution in [3.05, 3.63) is 58.7 Å². The highest BCUT2D eigenvalue weighted by Gasteiger charge is 2.27. The third-order valence-corrected chi connectivity index (χ3v) is 7.37. The topological polar surface area (TPSA) is 32.0 Å². The number of amidine groups is 1. The van der Waals surface area contributed by atoms with Crippen LogP contribution in [0.2, 0.25) is 0 Å². The van der Waals surface area contributed by atoms with E-state index in [0.717, 1.165) is 56.0 Å². The molecule has 0 atom stereocenters. The Balaban J connectivity index is 1.14. The van der Waals surface area contributed by atoms with Crippen LogP contribution in [-0.2, 0) is 0 Å². The Morgan fingerprint density at radius 2 is 2.10 bits per heavy atom. The summed E-state index contributed by atoms with van der Waals surface area (Å²) >= 11 is 1.76. The van der Waals surface area contributed by atoms with Crippen molar-refractivity contribution in [3.63, 3.8) is 0 Å². The highest BCUT2D eigenvalue weighted by Crippen LogP contribution is 2.36. The van der Waals surface area contributed by atoms with Crippen LogP contribution in [-0.4, -0.2) is 41.1 Å². The van der Waals surface area contributed by atoms with Crippen LogP contribution in [0.5, 0.6) is 0 Å². The second kappa shape index (κ2) is 8.23. The minimum atomic E-state index is -0.240. The third-order valence-electron chi connectivity index (χ3n) is 6.46. The monoisotopic (exact) mass is 425 g/mol. The summed E-state index contributed by atoms with van der Waals surface area (Å²) < 4.78 is 19.0. The van der Waals surface area contributed by atoms with E-state index in [0.29, 0.717) is 17.4 Å². The van der Waals surface area contributed by atoms with Crippen LogP contribution in [0.15, 0.2) is 56.7 Å². The second-order valence-electron chi connectivity index (χ2n) is 8.71. The molecule has 4 heterocycles. The van der Waals surface area contributed by atoms with Crippen LogP contribution in [0, 0.1) is 11.7 Å². The number of nitrogens with zero attached hydrogens (tertiary/aromatic N) is 3. The van der Waals surface area contributed by atoms with Crippen molar-refractivity contribution in [3.8, 4) is 0 Å². The van der Waals surface area contributed by atoms with E-state index in [9.17, 15) is 4.39 Å². The maximum atomic E-state index is 13.4. The van der Waals surface area contributed by atoms with Gasteiger partial charge in [-0.1, -0.05) is 25.6 Å². The first-order valence-corrected chi connectivity index (χ1v) is 11.8. The Hall–Kier alpha value is -2.05. The van der Waals surface area contributed by atoms with Crippen molar-refractivity contribution in [1.29, 1.82) is 0 Å². The third kappa shape index (κ3) is 3.83. The highest BCUT2D eigenvalue weighted by atomic mass is 32.2. The maximum Gasteiger partial charge on any atom is 0.173 e. The van der Waals surface area contributed by atoms with Crippen molar-refractivity contribution in [2.24, 2.45) is 10.9 Å². The van der Waals surface area contributed by atoms with E-state index in [-0.39, 0.29) is 5.82 Å². The van der Waals surface area contributed by atoms with Gasteiger partial charge in [-0.15, -0.1) is 0 Å². The van der Waals surface area contributed by atoms with Gasteiger partial charge in [-0.05, 0) is 61.4 Å². The van der Waals surface area contributed by atoms with Crippen LogP contribution in [0.4, 0.5) is 4.39 Å². The molecule has 0 saturated carbocycles. The van der Waals surface area contributed by atoms with Crippen LogP contribution in [0.25, 0.3) is 11.0 Å². The fourth-order valence-corrected chi connectivity index (χ4v) is 5.60. The maximum absolute atomic E-state index is 13.4. The van der Waals surface area contributed by atoms with Gasteiger partial charge in [0.15, 0.2) is 5.17 Å². The molecule has 3 aliphatic heterocycles. The average molecular weight is 426 g/mol. The Labute approximate surface area is 181 Å². The van der Waals surface area contributed by atoms with Gasteiger partial charge in [-0.2, -0.15) is 0 Å². The predicted molar refractivity (Wildman–Crippen MR) is 122 cm³/mol. The quantitative estimate of drug-likeness (QED) is 0.593. The van der Waals surface area contributed by atoms with Gasteiger partial charge in [0, 0.05) is 47.9 Å². The van der Waals surface area contributed by atoms with Gasteiger partial charge in [0.1, 0.15) is 11.4 Å². The number of rotatable bonds is 5. The molecule has 0 spiro atoms. The van der Waals surface area contributed by atoms with E-state index in [2.05, 4.69) is 35.1 Å². The number of aliphatic imine (C=N–C) groups is 1. The zero-order chi connectivity index (χ0) is 20.7. The summed E-state index contributed by atoms with van der Waals surface area (Å²) in [6.45, 7) is 8.62. The molecular formula is C24H28FN3OS. The summed E-state index contributed by atoms with van der Waals surface area (Å²) in [5.74, 6) is 0.738. The van der Waals surface area contributed by atoms with E-state index in [1.165, 1.54) is 29.1 Å². The van der Waals surface area contributed by atoms with Crippen LogP contribution < -0.4 is 0 Å². The molecule has 2 aromatic rings. The number of benzene rings is 1. The molecule has 5 rings (SSSR count). The first-order valence-electron chi connectivity index (χ1n) is 10.9. The lowest BCUT2D eigenvalue weighted by Gasteiger charge is -2.33. The Bertz CT molecular complexity index is 1030. The Morgan fingerprint density at radius 3 is 2.90 bits per heavy atom. The summed E-state index contributed by atoms with van der Waals surface area (Å²) in [6, 6.07) is 4.87. The van der Waals surface area contributed by atoms with E-state index < -0.39 is 0 Å². The molecule has 3 aliphatic rings. The normalized spacial score (nSPS) is 20.5. The molecule has 0 bridgehead atoms. The standard InChI is InChI=1S/C24H28FN3OS/c1-16(2)22-8-12-28-19(15-30-24(28)26-22)7-11-27-9-5-17(6-10-27)21-14-29-23-13-18(25)3-4-20(21)23/h3-4,8,13-17H,5-7,9-12H2,1-2H3.